The van der Waals surface area contributed by atoms with Crippen LogP contribution >= 0.6 is 0 Å². The molecule has 1 aliphatic heterocycles. The number of benzene rings is 2. The molecular formula is C26H34N4O3S. The van der Waals surface area contributed by atoms with E-state index in [-0.39, 0.29) is 11.9 Å². The number of aromatic amines is 1. The van der Waals surface area contributed by atoms with E-state index in [2.05, 4.69) is 35.1 Å². The van der Waals surface area contributed by atoms with Crippen molar-refractivity contribution in [1.29, 1.82) is 0 Å². The summed E-state index contributed by atoms with van der Waals surface area (Å²) in [5.74, 6) is 0.329. The Morgan fingerprint density at radius 1 is 1.00 bits per heavy atom. The van der Waals surface area contributed by atoms with Crippen LogP contribution in [0.4, 0.5) is 0 Å². The molecule has 1 unspecified atom stereocenters. The monoisotopic (exact) mass is 482 g/mol. The minimum Gasteiger partial charge on any atom is -0.361 e. The van der Waals surface area contributed by atoms with Crippen LogP contribution in [0, 0.1) is 0 Å². The highest BCUT2D eigenvalue weighted by Crippen LogP contribution is 2.22. The van der Waals surface area contributed by atoms with Crippen LogP contribution in [0.3, 0.4) is 0 Å². The number of aromatic nitrogens is 1. The molecule has 2 heterocycles. The van der Waals surface area contributed by atoms with E-state index in [1.807, 2.05) is 43.5 Å². The van der Waals surface area contributed by atoms with E-state index in [0.717, 1.165) is 17.5 Å². The van der Waals surface area contributed by atoms with Gasteiger partial charge in [-0.05, 0) is 48.6 Å². The molecule has 1 amide bonds. The Balaban J connectivity index is 1.27. The molecule has 1 fully saturated rings. The third-order valence-corrected chi connectivity index (χ3v) is 8.67. The molecule has 182 valence electrons. The first kappa shape index (κ1) is 24.4. The topological polar surface area (TPSA) is 85.5 Å². The van der Waals surface area contributed by atoms with E-state index in [0.29, 0.717) is 43.5 Å². The standard InChI is InChI=1S/C26H34N4O3S/c1-19(2)21-8-10-23(11-9-21)34(32,33)30-16-14-29(15-17-30)20(3)26(31)27-13-12-22-18-28-25-7-5-4-6-24(22)25/h4-11,18-20,28H,12-17H2,1-3H3,(H,27,31). The maximum absolute atomic E-state index is 13.1. The number of carbonyl (C=O) groups excluding carboxylic acids is 1. The fourth-order valence-electron chi connectivity index (χ4n) is 4.48. The predicted molar refractivity (Wildman–Crippen MR) is 135 cm³/mol. The van der Waals surface area contributed by atoms with Gasteiger partial charge in [0.2, 0.25) is 15.9 Å². The summed E-state index contributed by atoms with van der Waals surface area (Å²) in [6, 6.07) is 15.0. The highest BCUT2D eigenvalue weighted by atomic mass is 32.2. The van der Waals surface area contributed by atoms with Crippen LogP contribution in [-0.4, -0.2) is 67.3 Å². The van der Waals surface area contributed by atoms with Gasteiger partial charge in [0, 0.05) is 49.8 Å². The van der Waals surface area contributed by atoms with E-state index in [1.54, 1.807) is 12.1 Å². The third-order valence-electron chi connectivity index (χ3n) is 6.75. The van der Waals surface area contributed by atoms with Gasteiger partial charge in [0.1, 0.15) is 0 Å². The van der Waals surface area contributed by atoms with Gasteiger partial charge in [-0.2, -0.15) is 4.31 Å². The van der Waals surface area contributed by atoms with Gasteiger partial charge in [-0.15, -0.1) is 0 Å². The molecule has 0 bridgehead atoms. The lowest BCUT2D eigenvalue weighted by molar-refractivity contribution is -0.126. The maximum Gasteiger partial charge on any atom is 0.243 e. The van der Waals surface area contributed by atoms with Gasteiger partial charge in [0.05, 0.1) is 10.9 Å². The van der Waals surface area contributed by atoms with Crippen molar-refractivity contribution in [2.24, 2.45) is 0 Å². The molecular weight excluding hydrogens is 448 g/mol. The molecule has 7 nitrogen and oxygen atoms in total. The Hall–Kier alpha value is -2.68. The molecule has 2 N–H and O–H groups in total. The van der Waals surface area contributed by atoms with Crippen molar-refractivity contribution < 1.29 is 13.2 Å². The van der Waals surface area contributed by atoms with E-state index in [4.69, 9.17) is 0 Å². The van der Waals surface area contributed by atoms with Crippen LogP contribution < -0.4 is 5.32 Å². The second-order valence-electron chi connectivity index (χ2n) is 9.24. The minimum atomic E-state index is -3.53. The van der Waals surface area contributed by atoms with Crippen LogP contribution in [0.25, 0.3) is 10.9 Å². The van der Waals surface area contributed by atoms with E-state index in [1.165, 1.54) is 15.3 Å². The summed E-state index contributed by atoms with van der Waals surface area (Å²) in [5.41, 5.74) is 3.40. The Morgan fingerprint density at radius 3 is 2.35 bits per heavy atom. The molecule has 2 aromatic carbocycles. The molecule has 0 saturated carbocycles. The first-order chi connectivity index (χ1) is 16.3. The number of amides is 1. The smallest absolute Gasteiger partial charge is 0.243 e. The van der Waals surface area contributed by atoms with Crippen LogP contribution in [-0.2, 0) is 21.2 Å². The summed E-state index contributed by atoms with van der Waals surface area (Å²) in [4.78, 5) is 18.4. The molecule has 1 aromatic heterocycles. The van der Waals surface area contributed by atoms with Gasteiger partial charge in [-0.1, -0.05) is 44.2 Å². The van der Waals surface area contributed by atoms with Crippen molar-refractivity contribution in [2.75, 3.05) is 32.7 Å². The Morgan fingerprint density at radius 2 is 1.68 bits per heavy atom. The Kier molecular flexibility index (Phi) is 7.40. The second kappa shape index (κ2) is 10.3. The number of hydrogen-bond acceptors (Lipinski definition) is 4. The van der Waals surface area contributed by atoms with E-state index in [9.17, 15) is 13.2 Å². The predicted octanol–water partition coefficient (Wildman–Crippen LogP) is 3.35. The summed E-state index contributed by atoms with van der Waals surface area (Å²) in [5, 5.41) is 4.22. The zero-order valence-corrected chi connectivity index (χ0v) is 20.9. The lowest BCUT2D eigenvalue weighted by atomic mass is 10.0. The van der Waals surface area contributed by atoms with Crippen molar-refractivity contribution in [3.8, 4) is 0 Å². The van der Waals surface area contributed by atoms with Crippen molar-refractivity contribution in [3.05, 3.63) is 65.9 Å². The fourth-order valence-corrected chi connectivity index (χ4v) is 5.90. The quantitative estimate of drug-likeness (QED) is 0.516. The first-order valence-corrected chi connectivity index (χ1v) is 13.4. The Bertz CT molecular complexity index is 1230. The van der Waals surface area contributed by atoms with Gasteiger partial charge in [0.25, 0.3) is 0 Å². The number of piperazine rings is 1. The SMILES string of the molecule is CC(C)c1ccc(S(=O)(=O)N2CCN(C(C)C(=O)NCCc3c[nH]c4ccccc34)CC2)cc1. The summed E-state index contributed by atoms with van der Waals surface area (Å²) >= 11 is 0. The molecule has 8 heteroatoms. The fraction of sp³-hybridized carbons (Fsp3) is 0.423. The lowest BCUT2D eigenvalue weighted by Crippen LogP contribution is -2.55. The highest BCUT2D eigenvalue weighted by molar-refractivity contribution is 7.89. The molecule has 3 aromatic rings. The maximum atomic E-state index is 13.1. The van der Waals surface area contributed by atoms with Crippen LogP contribution in [0.1, 0.15) is 37.8 Å². The number of fused-ring (bicyclic) bond motifs is 1. The van der Waals surface area contributed by atoms with Crippen molar-refractivity contribution in [2.45, 2.75) is 44.0 Å². The molecule has 1 aliphatic rings. The van der Waals surface area contributed by atoms with Gasteiger partial charge in [-0.3, -0.25) is 9.69 Å². The zero-order valence-electron chi connectivity index (χ0n) is 20.1. The zero-order chi connectivity index (χ0) is 24.3. The van der Waals surface area contributed by atoms with E-state index < -0.39 is 10.0 Å². The summed E-state index contributed by atoms with van der Waals surface area (Å²) in [6.45, 7) is 8.43. The average molecular weight is 483 g/mol. The third kappa shape index (κ3) is 5.19. The number of rotatable bonds is 8. The molecule has 1 atom stereocenters. The van der Waals surface area contributed by atoms with Gasteiger partial charge in [0.15, 0.2) is 0 Å². The molecule has 0 spiro atoms. The summed E-state index contributed by atoms with van der Waals surface area (Å²) in [7, 11) is -3.53. The number of sulfonamides is 1. The largest absolute Gasteiger partial charge is 0.361 e. The number of H-pyrrole nitrogens is 1. The summed E-state index contributed by atoms with van der Waals surface area (Å²) < 4.78 is 27.6. The lowest BCUT2D eigenvalue weighted by Gasteiger charge is -2.36. The molecule has 0 radical (unpaired) electrons. The molecule has 4 rings (SSSR count). The second-order valence-corrected chi connectivity index (χ2v) is 11.2. The first-order valence-electron chi connectivity index (χ1n) is 11.9. The number of nitrogens with one attached hydrogen (secondary N) is 2. The van der Waals surface area contributed by atoms with Crippen molar-refractivity contribution in [3.63, 3.8) is 0 Å². The van der Waals surface area contributed by atoms with Crippen molar-refractivity contribution >= 4 is 26.8 Å². The van der Waals surface area contributed by atoms with E-state index >= 15 is 0 Å². The Labute approximate surface area is 202 Å². The van der Waals surface area contributed by atoms with Crippen LogP contribution in [0.5, 0.6) is 0 Å². The van der Waals surface area contributed by atoms with Crippen LogP contribution in [0.15, 0.2) is 59.6 Å². The number of para-hydroxylation sites is 1. The normalized spacial score (nSPS) is 16.7. The van der Waals surface area contributed by atoms with Gasteiger partial charge < -0.3 is 10.3 Å². The highest BCUT2D eigenvalue weighted by Gasteiger charge is 2.31. The average Bonchev–Trinajstić information content (AvgIpc) is 3.26. The molecule has 34 heavy (non-hydrogen) atoms. The number of carbonyl (C=O) groups is 1. The summed E-state index contributed by atoms with van der Waals surface area (Å²) in [6.07, 6.45) is 2.75. The van der Waals surface area contributed by atoms with Crippen LogP contribution in [0.2, 0.25) is 0 Å². The number of hydrogen-bond donors (Lipinski definition) is 2. The van der Waals surface area contributed by atoms with Crippen molar-refractivity contribution in [1.82, 2.24) is 19.5 Å². The van der Waals surface area contributed by atoms with Gasteiger partial charge >= 0.3 is 0 Å². The molecule has 1 saturated heterocycles. The molecule has 0 aliphatic carbocycles. The number of nitrogens with zero attached hydrogens (tertiary/aromatic N) is 2. The van der Waals surface area contributed by atoms with Gasteiger partial charge in [-0.25, -0.2) is 8.42 Å². The minimum absolute atomic E-state index is 0.0274.